The van der Waals surface area contributed by atoms with Crippen LogP contribution in [-0.2, 0) is 0 Å². The Morgan fingerprint density at radius 3 is 2.59 bits per heavy atom. The molecule has 0 atom stereocenters. The minimum absolute atomic E-state index is 0.0766. The zero-order valence-electron chi connectivity index (χ0n) is 13.9. The first-order valence-electron chi connectivity index (χ1n) is 8.20. The molecule has 0 saturated heterocycles. The van der Waals surface area contributed by atoms with Crippen molar-refractivity contribution >= 4 is 17.1 Å². The van der Waals surface area contributed by atoms with Crippen molar-refractivity contribution in [1.82, 2.24) is 10.1 Å². The Morgan fingerprint density at radius 2 is 1.78 bits per heavy atom. The standard InChI is InChI=1S/C20H12N2O5/c23-20(24)13-9-14(12-6-7-15-16(8-12)26-10-25-15)21-19-17(13)18(22-27-19)11-4-2-1-3-5-11/h1-9H,10H2,(H,23,24). The highest BCUT2D eigenvalue weighted by atomic mass is 16.7. The van der Waals surface area contributed by atoms with Crippen LogP contribution >= 0.6 is 0 Å². The van der Waals surface area contributed by atoms with Gasteiger partial charge in [0.25, 0.3) is 5.71 Å². The third kappa shape index (κ3) is 2.48. The summed E-state index contributed by atoms with van der Waals surface area (Å²) in [4.78, 5) is 16.4. The lowest BCUT2D eigenvalue weighted by Crippen LogP contribution is -2.00. The van der Waals surface area contributed by atoms with Gasteiger partial charge in [0.15, 0.2) is 11.5 Å². The van der Waals surface area contributed by atoms with Crippen LogP contribution in [0.5, 0.6) is 11.5 Å². The number of carboxylic acid groups (broad SMARTS) is 1. The highest BCUT2D eigenvalue weighted by Crippen LogP contribution is 2.37. The summed E-state index contributed by atoms with van der Waals surface area (Å²) in [7, 11) is 0. The molecule has 0 bridgehead atoms. The fourth-order valence-electron chi connectivity index (χ4n) is 3.12. The quantitative estimate of drug-likeness (QED) is 0.590. The first-order valence-corrected chi connectivity index (χ1v) is 8.20. The van der Waals surface area contributed by atoms with E-state index in [0.29, 0.717) is 33.8 Å². The van der Waals surface area contributed by atoms with Gasteiger partial charge in [-0.15, -0.1) is 0 Å². The highest BCUT2D eigenvalue weighted by molar-refractivity contribution is 6.07. The number of rotatable bonds is 3. The first-order chi connectivity index (χ1) is 13.2. The van der Waals surface area contributed by atoms with E-state index in [2.05, 4.69) is 10.1 Å². The average Bonchev–Trinajstić information content (AvgIpc) is 3.34. The Kier molecular flexibility index (Phi) is 3.33. The van der Waals surface area contributed by atoms with Crippen molar-refractivity contribution < 1.29 is 23.9 Å². The minimum Gasteiger partial charge on any atom is -0.478 e. The molecule has 7 nitrogen and oxygen atoms in total. The number of ether oxygens (including phenoxy) is 2. The van der Waals surface area contributed by atoms with Crippen molar-refractivity contribution in [1.29, 1.82) is 0 Å². The molecule has 132 valence electrons. The van der Waals surface area contributed by atoms with Gasteiger partial charge in [0.1, 0.15) is 5.69 Å². The predicted molar refractivity (Wildman–Crippen MR) is 95.8 cm³/mol. The van der Waals surface area contributed by atoms with Crippen LogP contribution in [0.4, 0.5) is 0 Å². The molecule has 2 aromatic heterocycles. The average molecular weight is 360 g/mol. The van der Waals surface area contributed by atoms with E-state index in [1.807, 2.05) is 30.3 Å². The Labute approximate surface area is 152 Å². The van der Waals surface area contributed by atoms with E-state index in [9.17, 15) is 9.90 Å². The molecule has 27 heavy (non-hydrogen) atoms. The van der Waals surface area contributed by atoms with Crippen LogP contribution in [0, 0.1) is 0 Å². The van der Waals surface area contributed by atoms with E-state index in [4.69, 9.17) is 14.0 Å². The Hall–Kier alpha value is -3.87. The zero-order valence-corrected chi connectivity index (χ0v) is 13.9. The minimum atomic E-state index is -1.08. The van der Waals surface area contributed by atoms with Gasteiger partial charge in [-0.2, -0.15) is 0 Å². The van der Waals surface area contributed by atoms with Crippen LogP contribution < -0.4 is 9.47 Å². The van der Waals surface area contributed by atoms with Gasteiger partial charge < -0.3 is 19.1 Å². The molecule has 0 spiro atoms. The lowest BCUT2D eigenvalue weighted by Gasteiger charge is -2.05. The van der Waals surface area contributed by atoms with Crippen molar-refractivity contribution in [3.8, 4) is 34.0 Å². The molecule has 0 radical (unpaired) electrons. The molecule has 3 heterocycles. The molecule has 0 fully saturated rings. The number of pyridine rings is 1. The van der Waals surface area contributed by atoms with Gasteiger partial charge in [-0.05, 0) is 24.3 Å². The third-order valence-electron chi connectivity index (χ3n) is 4.39. The van der Waals surface area contributed by atoms with E-state index in [-0.39, 0.29) is 18.1 Å². The summed E-state index contributed by atoms with van der Waals surface area (Å²) < 4.78 is 16.1. The van der Waals surface area contributed by atoms with Crippen LogP contribution in [0.25, 0.3) is 33.6 Å². The van der Waals surface area contributed by atoms with Gasteiger partial charge in [-0.3, -0.25) is 0 Å². The topological polar surface area (TPSA) is 94.7 Å². The predicted octanol–water partition coefficient (Wildman–Crippen LogP) is 3.98. The molecular formula is C20H12N2O5. The van der Waals surface area contributed by atoms with Crippen LogP contribution in [0.2, 0.25) is 0 Å². The van der Waals surface area contributed by atoms with E-state index in [1.54, 1.807) is 18.2 Å². The summed E-state index contributed by atoms with van der Waals surface area (Å²) in [6.45, 7) is 0.161. The molecule has 1 N–H and O–H groups in total. The summed E-state index contributed by atoms with van der Waals surface area (Å²) in [5, 5.41) is 14.2. The molecule has 7 heteroatoms. The maximum Gasteiger partial charge on any atom is 0.336 e. The van der Waals surface area contributed by atoms with Crippen molar-refractivity contribution in [3.05, 3.63) is 60.2 Å². The first kappa shape index (κ1) is 15.4. The maximum absolute atomic E-state index is 11.9. The number of carboxylic acids is 1. The smallest absolute Gasteiger partial charge is 0.336 e. The van der Waals surface area contributed by atoms with Crippen LogP contribution in [0.1, 0.15) is 10.4 Å². The van der Waals surface area contributed by atoms with E-state index in [0.717, 1.165) is 5.56 Å². The summed E-state index contributed by atoms with van der Waals surface area (Å²) in [5.74, 6) is 0.155. The number of aromatic carboxylic acids is 1. The lowest BCUT2D eigenvalue weighted by atomic mass is 10.0. The van der Waals surface area contributed by atoms with E-state index < -0.39 is 5.97 Å². The fourth-order valence-corrected chi connectivity index (χ4v) is 3.12. The molecule has 0 aliphatic carbocycles. The molecule has 4 aromatic rings. The van der Waals surface area contributed by atoms with Gasteiger partial charge in [-0.25, -0.2) is 9.78 Å². The second kappa shape index (κ2) is 5.84. The molecule has 1 aliphatic heterocycles. The van der Waals surface area contributed by atoms with E-state index in [1.165, 1.54) is 6.07 Å². The van der Waals surface area contributed by atoms with Crippen LogP contribution in [0.15, 0.2) is 59.1 Å². The van der Waals surface area contributed by atoms with Gasteiger partial charge >= 0.3 is 5.97 Å². The molecule has 2 aromatic carbocycles. The largest absolute Gasteiger partial charge is 0.478 e. The number of hydrogen-bond acceptors (Lipinski definition) is 6. The van der Waals surface area contributed by atoms with Crippen molar-refractivity contribution in [2.45, 2.75) is 0 Å². The van der Waals surface area contributed by atoms with Gasteiger partial charge in [0, 0.05) is 11.1 Å². The van der Waals surface area contributed by atoms with Crippen molar-refractivity contribution in [2.24, 2.45) is 0 Å². The number of benzene rings is 2. The number of carbonyl (C=O) groups is 1. The van der Waals surface area contributed by atoms with E-state index >= 15 is 0 Å². The van der Waals surface area contributed by atoms with Crippen LogP contribution in [0.3, 0.4) is 0 Å². The summed E-state index contributed by atoms with van der Waals surface area (Å²) in [6.07, 6.45) is 0. The molecular weight excluding hydrogens is 348 g/mol. The fraction of sp³-hybridized carbons (Fsp3) is 0.0500. The number of nitrogens with zero attached hydrogens (tertiary/aromatic N) is 2. The lowest BCUT2D eigenvalue weighted by molar-refractivity contribution is 0.0699. The summed E-state index contributed by atoms with van der Waals surface area (Å²) in [6, 6.07) is 16.1. The number of fused-ring (bicyclic) bond motifs is 2. The Morgan fingerprint density at radius 1 is 0.963 bits per heavy atom. The zero-order chi connectivity index (χ0) is 18.4. The van der Waals surface area contributed by atoms with Gasteiger partial charge in [0.05, 0.1) is 16.6 Å². The van der Waals surface area contributed by atoms with Gasteiger partial charge in [0.2, 0.25) is 6.79 Å². The Balaban J connectivity index is 1.72. The normalized spacial score (nSPS) is 12.4. The highest BCUT2D eigenvalue weighted by Gasteiger charge is 2.22. The second-order valence-corrected chi connectivity index (χ2v) is 6.01. The summed E-state index contributed by atoms with van der Waals surface area (Å²) >= 11 is 0. The number of hydrogen-bond donors (Lipinski definition) is 1. The molecule has 0 unspecified atom stereocenters. The SMILES string of the molecule is O=C(O)c1cc(-c2ccc3c(c2)OCO3)nc2onc(-c3ccccc3)c12. The molecule has 1 aliphatic rings. The molecule has 0 amide bonds. The van der Waals surface area contributed by atoms with Gasteiger partial charge in [-0.1, -0.05) is 35.5 Å². The monoisotopic (exact) mass is 360 g/mol. The third-order valence-corrected chi connectivity index (χ3v) is 4.39. The van der Waals surface area contributed by atoms with Crippen molar-refractivity contribution in [2.75, 3.05) is 6.79 Å². The Bertz CT molecular complexity index is 1180. The molecule has 0 saturated carbocycles. The van der Waals surface area contributed by atoms with Crippen LogP contribution in [-0.4, -0.2) is 28.0 Å². The molecule has 5 rings (SSSR count). The number of aromatic nitrogens is 2. The summed E-state index contributed by atoms with van der Waals surface area (Å²) in [5.41, 5.74) is 2.61. The second-order valence-electron chi connectivity index (χ2n) is 6.01. The maximum atomic E-state index is 11.9. The van der Waals surface area contributed by atoms with Crippen molar-refractivity contribution in [3.63, 3.8) is 0 Å².